The van der Waals surface area contributed by atoms with Gasteiger partial charge in [-0.2, -0.15) is 0 Å². The topological polar surface area (TPSA) is 83.6 Å². The number of methoxy groups -OCH3 is 1. The number of rotatable bonds is 8. The van der Waals surface area contributed by atoms with Crippen LogP contribution in [0.15, 0.2) is 42.6 Å². The number of aromatic nitrogens is 1. The molecule has 0 bridgehead atoms. The van der Waals surface area contributed by atoms with Crippen LogP contribution in [0.5, 0.6) is 5.75 Å². The van der Waals surface area contributed by atoms with E-state index in [1.165, 1.54) is 19.3 Å². The van der Waals surface area contributed by atoms with Crippen molar-refractivity contribution in [2.24, 2.45) is 5.92 Å². The summed E-state index contributed by atoms with van der Waals surface area (Å²) in [6.07, 6.45) is 5.51. The Morgan fingerprint density at radius 2 is 1.77 bits per heavy atom. The molecular formula is C24H32N4O3. The van der Waals surface area contributed by atoms with Gasteiger partial charge in [0.1, 0.15) is 17.6 Å². The standard InChI is InChI=1S/C24H32N4O3/c1-17(2)22(27-23(29)19-8-10-20(31-3)11-9-19)24(30)26-16-18-7-12-21(25-15-18)28-13-5-4-6-14-28/h7-12,15,17,22H,4-6,13-14,16H2,1-3H3,(H,26,30)(H,27,29). The first-order chi connectivity index (χ1) is 15.0. The lowest BCUT2D eigenvalue weighted by Gasteiger charge is -2.27. The summed E-state index contributed by atoms with van der Waals surface area (Å²) >= 11 is 0. The van der Waals surface area contributed by atoms with E-state index >= 15 is 0 Å². The Morgan fingerprint density at radius 1 is 1.06 bits per heavy atom. The van der Waals surface area contributed by atoms with Crippen molar-refractivity contribution in [1.29, 1.82) is 0 Å². The number of carbonyl (C=O) groups excluding carboxylic acids is 2. The molecule has 2 amide bonds. The smallest absolute Gasteiger partial charge is 0.251 e. The van der Waals surface area contributed by atoms with Crippen LogP contribution in [-0.2, 0) is 11.3 Å². The fourth-order valence-corrected chi connectivity index (χ4v) is 3.63. The van der Waals surface area contributed by atoms with Crippen LogP contribution in [0.4, 0.5) is 5.82 Å². The van der Waals surface area contributed by atoms with Crippen molar-refractivity contribution >= 4 is 17.6 Å². The van der Waals surface area contributed by atoms with E-state index in [9.17, 15) is 9.59 Å². The van der Waals surface area contributed by atoms with Crippen LogP contribution in [0, 0.1) is 5.92 Å². The Bertz CT molecular complexity index is 859. The third-order valence-electron chi connectivity index (χ3n) is 5.54. The number of pyridine rings is 1. The number of ether oxygens (including phenoxy) is 1. The monoisotopic (exact) mass is 424 g/mol. The van der Waals surface area contributed by atoms with Crippen molar-refractivity contribution in [3.63, 3.8) is 0 Å². The summed E-state index contributed by atoms with van der Waals surface area (Å²) in [5.74, 6) is 1.11. The second-order valence-corrected chi connectivity index (χ2v) is 8.21. The number of anilines is 1. The van der Waals surface area contributed by atoms with Crippen molar-refractivity contribution in [3.05, 3.63) is 53.7 Å². The van der Waals surface area contributed by atoms with Gasteiger partial charge in [0.2, 0.25) is 5.91 Å². The van der Waals surface area contributed by atoms with Crippen LogP contribution in [0.1, 0.15) is 49.0 Å². The van der Waals surface area contributed by atoms with Gasteiger partial charge in [-0.3, -0.25) is 9.59 Å². The summed E-state index contributed by atoms with van der Waals surface area (Å²) in [5.41, 5.74) is 1.41. The molecule has 1 unspecified atom stereocenters. The molecule has 1 aliphatic rings. The minimum atomic E-state index is -0.629. The highest BCUT2D eigenvalue weighted by Crippen LogP contribution is 2.17. The molecule has 1 saturated heterocycles. The number of nitrogens with zero attached hydrogens (tertiary/aromatic N) is 2. The Hall–Kier alpha value is -3.09. The highest BCUT2D eigenvalue weighted by atomic mass is 16.5. The van der Waals surface area contributed by atoms with Crippen molar-refractivity contribution < 1.29 is 14.3 Å². The highest BCUT2D eigenvalue weighted by molar-refractivity contribution is 5.97. The molecule has 1 atom stereocenters. The Morgan fingerprint density at radius 3 is 2.35 bits per heavy atom. The number of amides is 2. The Labute approximate surface area is 184 Å². The molecule has 2 heterocycles. The first kappa shape index (κ1) is 22.6. The quantitative estimate of drug-likeness (QED) is 0.680. The third-order valence-corrected chi connectivity index (χ3v) is 5.54. The number of benzene rings is 1. The molecule has 2 aromatic rings. The van der Waals surface area contributed by atoms with E-state index in [1.54, 1.807) is 31.4 Å². The average Bonchev–Trinajstić information content (AvgIpc) is 2.81. The van der Waals surface area contributed by atoms with Gasteiger partial charge >= 0.3 is 0 Å². The minimum Gasteiger partial charge on any atom is -0.497 e. The van der Waals surface area contributed by atoms with E-state index in [0.717, 1.165) is 24.5 Å². The second-order valence-electron chi connectivity index (χ2n) is 8.21. The van der Waals surface area contributed by atoms with Gasteiger partial charge in [-0.25, -0.2) is 4.98 Å². The van der Waals surface area contributed by atoms with Gasteiger partial charge < -0.3 is 20.3 Å². The maximum Gasteiger partial charge on any atom is 0.251 e. The van der Waals surface area contributed by atoms with E-state index in [4.69, 9.17) is 4.74 Å². The molecule has 7 nitrogen and oxygen atoms in total. The first-order valence-electron chi connectivity index (χ1n) is 10.9. The molecule has 0 spiro atoms. The predicted octanol–water partition coefficient (Wildman–Crippen LogP) is 3.15. The van der Waals surface area contributed by atoms with Gasteiger partial charge in [-0.15, -0.1) is 0 Å². The summed E-state index contributed by atoms with van der Waals surface area (Å²) in [6, 6.07) is 10.2. The summed E-state index contributed by atoms with van der Waals surface area (Å²) < 4.78 is 5.12. The highest BCUT2D eigenvalue weighted by Gasteiger charge is 2.24. The summed E-state index contributed by atoms with van der Waals surface area (Å²) in [7, 11) is 1.57. The molecule has 1 aliphatic heterocycles. The molecule has 166 valence electrons. The fourth-order valence-electron chi connectivity index (χ4n) is 3.63. The third kappa shape index (κ3) is 6.20. The fraction of sp³-hybridized carbons (Fsp3) is 0.458. The maximum atomic E-state index is 12.8. The molecule has 3 rings (SSSR count). The zero-order chi connectivity index (χ0) is 22.2. The second kappa shape index (κ2) is 10.8. The molecule has 0 aliphatic carbocycles. The number of nitrogens with one attached hydrogen (secondary N) is 2. The lowest BCUT2D eigenvalue weighted by Crippen LogP contribution is -2.49. The molecule has 1 aromatic carbocycles. The van der Waals surface area contributed by atoms with Crippen LogP contribution in [0.2, 0.25) is 0 Å². The Kier molecular flexibility index (Phi) is 7.87. The van der Waals surface area contributed by atoms with Gasteiger partial charge in [0.25, 0.3) is 5.91 Å². The molecule has 1 fully saturated rings. The summed E-state index contributed by atoms with van der Waals surface area (Å²) in [4.78, 5) is 32.2. The number of carbonyl (C=O) groups is 2. The van der Waals surface area contributed by atoms with Crippen molar-refractivity contribution in [3.8, 4) is 5.75 Å². The molecule has 1 aromatic heterocycles. The van der Waals surface area contributed by atoms with E-state index in [0.29, 0.717) is 17.9 Å². The van der Waals surface area contributed by atoms with Crippen LogP contribution in [-0.4, -0.2) is 43.0 Å². The summed E-state index contributed by atoms with van der Waals surface area (Å²) in [6.45, 7) is 6.29. The lowest BCUT2D eigenvalue weighted by atomic mass is 10.0. The van der Waals surface area contributed by atoms with Gasteiger partial charge in [-0.1, -0.05) is 19.9 Å². The zero-order valence-electron chi connectivity index (χ0n) is 18.6. The molecule has 7 heteroatoms. The predicted molar refractivity (Wildman–Crippen MR) is 121 cm³/mol. The molecule has 0 saturated carbocycles. The summed E-state index contributed by atoms with van der Waals surface area (Å²) in [5, 5.41) is 5.77. The van der Waals surface area contributed by atoms with Crippen molar-refractivity contribution in [2.45, 2.75) is 45.7 Å². The van der Waals surface area contributed by atoms with Gasteiger partial charge in [0.15, 0.2) is 0 Å². The SMILES string of the molecule is COc1ccc(C(=O)NC(C(=O)NCc2ccc(N3CCCCC3)nc2)C(C)C)cc1. The maximum absolute atomic E-state index is 12.8. The van der Waals surface area contributed by atoms with Gasteiger partial charge in [-0.05, 0) is 61.1 Å². The van der Waals surface area contributed by atoms with E-state index in [1.807, 2.05) is 32.2 Å². The van der Waals surface area contributed by atoms with Crippen molar-refractivity contribution in [1.82, 2.24) is 15.6 Å². The normalized spacial score (nSPS) is 14.8. The lowest BCUT2D eigenvalue weighted by molar-refractivity contribution is -0.124. The molecule has 31 heavy (non-hydrogen) atoms. The van der Waals surface area contributed by atoms with Crippen LogP contribution in [0.3, 0.4) is 0 Å². The van der Waals surface area contributed by atoms with Crippen LogP contribution < -0.4 is 20.3 Å². The van der Waals surface area contributed by atoms with Crippen molar-refractivity contribution in [2.75, 3.05) is 25.1 Å². The molecular weight excluding hydrogens is 392 g/mol. The van der Waals surface area contributed by atoms with Gasteiger partial charge in [0, 0.05) is 31.4 Å². The minimum absolute atomic E-state index is 0.0539. The number of hydrogen-bond acceptors (Lipinski definition) is 5. The number of hydrogen-bond donors (Lipinski definition) is 2. The molecule has 2 N–H and O–H groups in total. The Balaban J connectivity index is 1.55. The van der Waals surface area contributed by atoms with Crippen LogP contribution >= 0.6 is 0 Å². The first-order valence-corrected chi connectivity index (χ1v) is 10.9. The number of piperidine rings is 1. The van der Waals surface area contributed by atoms with E-state index in [-0.39, 0.29) is 17.7 Å². The van der Waals surface area contributed by atoms with Gasteiger partial charge in [0.05, 0.1) is 7.11 Å². The van der Waals surface area contributed by atoms with E-state index < -0.39 is 6.04 Å². The average molecular weight is 425 g/mol. The van der Waals surface area contributed by atoms with Crippen LogP contribution in [0.25, 0.3) is 0 Å². The van der Waals surface area contributed by atoms with E-state index in [2.05, 4.69) is 20.5 Å². The largest absolute Gasteiger partial charge is 0.497 e. The zero-order valence-corrected chi connectivity index (χ0v) is 18.6. The molecule has 0 radical (unpaired) electrons.